The van der Waals surface area contributed by atoms with Crippen LogP contribution in [0.4, 0.5) is 0 Å². The Balaban J connectivity index is 1.82. The van der Waals surface area contributed by atoms with E-state index in [2.05, 4.69) is 29.4 Å². The Bertz CT molecular complexity index is 468. The number of hydrogen-bond acceptors (Lipinski definition) is 4. The average molecular weight is 291 g/mol. The van der Waals surface area contributed by atoms with Crippen LogP contribution in [0.15, 0.2) is 24.3 Å². The average Bonchev–Trinajstić information content (AvgIpc) is 2.44. The highest BCUT2D eigenvalue weighted by Crippen LogP contribution is 2.16. The van der Waals surface area contributed by atoms with Crippen molar-refractivity contribution in [3.63, 3.8) is 0 Å². The highest BCUT2D eigenvalue weighted by atomic mass is 16.5. The van der Waals surface area contributed by atoms with Crippen LogP contribution < -0.4 is 15.4 Å². The lowest BCUT2D eigenvalue weighted by Gasteiger charge is -2.35. The third kappa shape index (κ3) is 4.72. The van der Waals surface area contributed by atoms with Crippen LogP contribution in [0.3, 0.4) is 0 Å². The molecule has 5 heteroatoms. The summed E-state index contributed by atoms with van der Waals surface area (Å²) >= 11 is 0. The molecule has 1 aromatic rings. The van der Waals surface area contributed by atoms with Crippen molar-refractivity contribution < 1.29 is 9.53 Å². The third-order valence-corrected chi connectivity index (χ3v) is 3.67. The number of nitrogens with zero attached hydrogens (tertiary/aromatic N) is 1. The highest BCUT2D eigenvalue weighted by molar-refractivity contribution is 5.78. The van der Waals surface area contributed by atoms with E-state index < -0.39 is 0 Å². The lowest BCUT2D eigenvalue weighted by Crippen LogP contribution is -2.56. The minimum atomic E-state index is 0.0576. The summed E-state index contributed by atoms with van der Waals surface area (Å²) in [4.78, 5) is 14.3. The van der Waals surface area contributed by atoms with Crippen LogP contribution in [0, 0.1) is 0 Å². The molecule has 2 atom stereocenters. The Kier molecular flexibility index (Phi) is 5.59. The number of carbonyl (C=O) groups is 1. The van der Waals surface area contributed by atoms with Crippen molar-refractivity contribution in [1.82, 2.24) is 15.5 Å². The summed E-state index contributed by atoms with van der Waals surface area (Å²) in [6.45, 7) is 7.06. The standard InChI is InChI=1S/C16H25N3O2/c1-12-9-19(10-13(2)18-12)11-16(20)17-8-14-6-4-5-7-15(14)21-3/h4-7,12-13,18H,8-11H2,1-3H3,(H,17,20). The molecule has 2 N–H and O–H groups in total. The lowest BCUT2D eigenvalue weighted by molar-refractivity contribution is -0.122. The summed E-state index contributed by atoms with van der Waals surface area (Å²) in [5.41, 5.74) is 0.996. The molecule has 1 aromatic carbocycles. The molecule has 1 heterocycles. The number of piperazine rings is 1. The Morgan fingerprint density at radius 2 is 2.00 bits per heavy atom. The number of para-hydroxylation sites is 1. The maximum Gasteiger partial charge on any atom is 0.234 e. The van der Waals surface area contributed by atoms with Crippen LogP contribution >= 0.6 is 0 Å². The van der Waals surface area contributed by atoms with Crippen molar-refractivity contribution >= 4 is 5.91 Å². The van der Waals surface area contributed by atoms with E-state index in [0.29, 0.717) is 25.2 Å². The van der Waals surface area contributed by atoms with Gasteiger partial charge in [-0.15, -0.1) is 0 Å². The molecule has 0 aliphatic carbocycles. The third-order valence-electron chi connectivity index (χ3n) is 3.67. The first-order valence-corrected chi connectivity index (χ1v) is 7.45. The molecule has 1 fully saturated rings. The molecular weight excluding hydrogens is 266 g/mol. The molecule has 0 aromatic heterocycles. The first-order chi connectivity index (χ1) is 10.1. The van der Waals surface area contributed by atoms with Crippen LogP contribution in [-0.4, -0.2) is 49.6 Å². The Morgan fingerprint density at radius 3 is 2.67 bits per heavy atom. The minimum Gasteiger partial charge on any atom is -0.496 e. The fraction of sp³-hybridized carbons (Fsp3) is 0.562. The van der Waals surface area contributed by atoms with Gasteiger partial charge in [-0.3, -0.25) is 9.69 Å². The first-order valence-electron chi connectivity index (χ1n) is 7.45. The van der Waals surface area contributed by atoms with Crippen molar-refractivity contribution in [3.8, 4) is 5.75 Å². The van der Waals surface area contributed by atoms with Gasteiger partial charge in [-0.1, -0.05) is 18.2 Å². The van der Waals surface area contributed by atoms with Crippen LogP contribution in [0.2, 0.25) is 0 Å². The fourth-order valence-electron chi connectivity index (χ4n) is 2.87. The monoisotopic (exact) mass is 291 g/mol. The Morgan fingerprint density at radius 1 is 1.33 bits per heavy atom. The molecule has 1 aliphatic rings. The minimum absolute atomic E-state index is 0.0576. The molecule has 1 aliphatic heterocycles. The van der Waals surface area contributed by atoms with Crippen molar-refractivity contribution in [1.29, 1.82) is 0 Å². The van der Waals surface area contributed by atoms with Gasteiger partial charge in [0.05, 0.1) is 13.7 Å². The second kappa shape index (κ2) is 7.43. The van der Waals surface area contributed by atoms with Crippen LogP contribution in [-0.2, 0) is 11.3 Å². The molecule has 1 saturated heterocycles. The van der Waals surface area contributed by atoms with Gasteiger partial charge >= 0.3 is 0 Å². The summed E-state index contributed by atoms with van der Waals surface area (Å²) in [7, 11) is 1.64. The molecule has 0 spiro atoms. The number of benzene rings is 1. The predicted octanol–water partition coefficient (Wildman–Crippen LogP) is 0.994. The zero-order valence-corrected chi connectivity index (χ0v) is 13.1. The fourth-order valence-corrected chi connectivity index (χ4v) is 2.87. The SMILES string of the molecule is COc1ccccc1CNC(=O)CN1CC(C)NC(C)C1. The van der Waals surface area contributed by atoms with Gasteiger partial charge in [0.1, 0.15) is 5.75 Å². The Hall–Kier alpha value is -1.59. The van der Waals surface area contributed by atoms with E-state index >= 15 is 0 Å². The lowest BCUT2D eigenvalue weighted by atomic mass is 10.1. The van der Waals surface area contributed by atoms with E-state index in [9.17, 15) is 4.79 Å². The summed E-state index contributed by atoms with van der Waals surface area (Å²) in [6, 6.07) is 8.60. The van der Waals surface area contributed by atoms with Crippen LogP contribution in [0.5, 0.6) is 5.75 Å². The van der Waals surface area contributed by atoms with Gasteiger partial charge in [-0.2, -0.15) is 0 Å². The number of methoxy groups -OCH3 is 1. The second-order valence-corrected chi connectivity index (χ2v) is 5.75. The topological polar surface area (TPSA) is 53.6 Å². The van der Waals surface area contributed by atoms with Gasteiger partial charge in [0, 0.05) is 37.3 Å². The van der Waals surface area contributed by atoms with Gasteiger partial charge in [-0.05, 0) is 19.9 Å². The molecule has 116 valence electrons. The number of amides is 1. The normalized spacial score (nSPS) is 22.8. The van der Waals surface area contributed by atoms with E-state index in [4.69, 9.17) is 4.74 Å². The van der Waals surface area contributed by atoms with Crippen molar-refractivity contribution in [3.05, 3.63) is 29.8 Å². The maximum atomic E-state index is 12.1. The predicted molar refractivity (Wildman–Crippen MR) is 83.3 cm³/mol. The zero-order valence-electron chi connectivity index (χ0n) is 13.1. The summed E-state index contributed by atoms with van der Waals surface area (Å²) in [5, 5.41) is 6.44. The molecule has 2 rings (SSSR count). The van der Waals surface area contributed by atoms with Gasteiger partial charge in [0.15, 0.2) is 0 Å². The van der Waals surface area contributed by atoms with Gasteiger partial charge in [0.25, 0.3) is 0 Å². The van der Waals surface area contributed by atoms with Gasteiger partial charge in [-0.25, -0.2) is 0 Å². The summed E-state index contributed by atoms with van der Waals surface area (Å²) in [5.74, 6) is 0.865. The largest absolute Gasteiger partial charge is 0.496 e. The quantitative estimate of drug-likeness (QED) is 0.849. The summed E-state index contributed by atoms with van der Waals surface area (Å²) < 4.78 is 5.29. The van der Waals surface area contributed by atoms with E-state index in [-0.39, 0.29) is 5.91 Å². The van der Waals surface area contributed by atoms with E-state index in [1.165, 1.54) is 0 Å². The molecule has 5 nitrogen and oxygen atoms in total. The summed E-state index contributed by atoms with van der Waals surface area (Å²) in [6.07, 6.45) is 0. The molecule has 0 bridgehead atoms. The van der Waals surface area contributed by atoms with Gasteiger partial charge in [0.2, 0.25) is 5.91 Å². The van der Waals surface area contributed by atoms with E-state index in [1.54, 1.807) is 7.11 Å². The number of hydrogen-bond donors (Lipinski definition) is 2. The zero-order chi connectivity index (χ0) is 15.2. The van der Waals surface area contributed by atoms with Crippen LogP contribution in [0.1, 0.15) is 19.4 Å². The number of carbonyl (C=O) groups excluding carboxylic acids is 1. The molecule has 1 amide bonds. The van der Waals surface area contributed by atoms with Gasteiger partial charge < -0.3 is 15.4 Å². The molecule has 21 heavy (non-hydrogen) atoms. The van der Waals surface area contributed by atoms with Crippen LogP contribution in [0.25, 0.3) is 0 Å². The van der Waals surface area contributed by atoms with Crippen molar-refractivity contribution in [2.75, 3.05) is 26.7 Å². The number of rotatable bonds is 5. The molecule has 0 saturated carbocycles. The van der Waals surface area contributed by atoms with Crippen molar-refractivity contribution in [2.45, 2.75) is 32.5 Å². The Labute approximate surface area is 126 Å². The van der Waals surface area contributed by atoms with Crippen molar-refractivity contribution in [2.24, 2.45) is 0 Å². The number of nitrogens with one attached hydrogen (secondary N) is 2. The van der Waals surface area contributed by atoms with E-state index in [0.717, 1.165) is 24.4 Å². The van der Waals surface area contributed by atoms with E-state index in [1.807, 2.05) is 24.3 Å². The number of ether oxygens (including phenoxy) is 1. The maximum absolute atomic E-state index is 12.1. The first kappa shape index (κ1) is 15.8. The second-order valence-electron chi connectivity index (χ2n) is 5.75. The highest BCUT2D eigenvalue weighted by Gasteiger charge is 2.22. The molecule has 2 unspecified atom stereocenters. The molecule has 0 radical (unpaired) electrons. The smallest absolute Gasteiger partial charge is 0.234 e. The molecular formula is C16H25N3O2.